The molecule has 0 spiro atoms. The Morgan fingerprint density at radius 2 is 2.47 bits per heavy atom. The van der Waals surface area contributed by atoms with Gasteiger partial charge in [0, 0.05) is 43.4 Å². The summed E-state index contributed by atoms with van der Waals surface area (Å²) < 4.78 is 7.61. The Labute approximate surface area is 90.6 Å². The van der Waals surface area contributed by atoms with Crippen LogP contribution in [0.1, 0.15) is 31.0 Å². The van der Waals surface area contributed by atoms with Crippen LogP contribution in [-0.2, 0) is 17.8 Å². The van der Waals surface area contributed by atoms with Gasteiger partial charge in [0.25, 0.3) is 0 Å². The zero-order valence-corrected chi connectivity index (χ0v) is 9.49. The Hall–Kier alpha value is -0.870. The molecule has 15 heavy (non-hydrogen) atoms. The SMILES string of the molecule is CCOC[C@@H]1CNCc2cnn(CC)c21. The topological polar surface area (TPSA) is 39.1 Å². The molecule has 4 nitrogen and oxygen atoms in total. The maximum absolute atomic E-state index is 5.52. The number of rotatable bonds is 4. The molecule has 4 heteroatoms. The number of aryl methyl sites for hydroxylation is 1. The van der Waals surface area contributed by atoms with Gasteiger partial charge in [-0.25, -0.2) is 0 Å². The first-order valence-corrected chi connectivity index (χ1v) is 5.69. The van der Waals surface area contributed by atoms with E-state index >= 15 is 0 Å². The standard InChI is InChI=1S/C11H19N3O/c1-3-14-11-9(7-13-14)5-12-6-10(11)8-15-4-2/h7,10,12H,3-6,8H2,1-2H3/t10-/m0/s1. The van der Waals surface area contributed by atoms with Crippen molar-refractivity contribution in [2.24, 2.45) is 0 Å². The minimum Gasteiger partial charge on any atom is -0.381 e. The van der Waals surface area contributed by atoms with E-state index in [0.717, 1.165) is 32.8 Å². The molecule has 1 aliphatic rings. The molecule has 1 aromatic rings. The van der Waals surface area contributed by atoms with Crippen molar-refractivity contribution in [1.82, 2.24) is 15.1 Å². The summed E-state index contributed by atoms with van der Waals surface area (Å²) in [6.07, 6.45) is 1.98. The number of nitrogens with zero attached hydrogens (tertiary/aromatic N) is 2. The van der Waals surface area contributed by atoms with Crippen LogP contribution in [0, 0.1) is 0 Å². The smallest absolute Gasteiger partial charge is 0.0562 e. The fourth-order valence-electron chi connectivity index (χ4n) is 2.17. The van der Waals surface area contributed by atoms with Crippen molar-refractivity contribution < 1.29 is 4.74 Å². The highest BCUT2D eigenvalue weighted by molar-refractivity contribution is 5.25. The molecular formula is C11H19N3O. The van der Waals surface area contributed by atoms with Crippen LogP contribution in [0.15, 0.2) is 6.20 Å². The summed E-state index contributed by atoms with van der Waals surface area (Å²) in [6, 6.07) is 0. The molecule has 1 aliphatic heterocycles. The molecule has 1 atom stereocenters. The number of aromatic nitrogens is 2. The van der Waals surface area contributed by atoms with Gasteiger partial charge in [-0.2, -0.15) is 5.10 Å². The third kappa shape index (κ3) is 2.06. The van der Waals surface area contributed by atoms with Crippen molar-refractivity contribution in [1.29, 1.82) is 0 Å². The molecule has 0 aliphatic carbocycles. The van der Waals surface area contributed by atoms with Gasteiger partial charge in [-0.15, -0.1) is 0 Å². The summed E-state index contributed by atoms with van der Waals surface area (Å²) in [6.45, 7) is 8.63. The Bertz CT molecular complexity index is 308. The molecule has 0 unspecified atom stereocenters. The summed E-state index contributed by atoms with van der Waals surface area (Å²) in [5.74, 6) is 0.455. The minimum absolute atomic E-state index is 0.455. The first kappa shape index (κ1) is 10.6. The van der Waals surface area contributed by atoms with Crippen LogP contribution >= 0.6 is 0 Å². The van der Waals surface area contributed by atoms with Gasteiger partial charge < -0.3 is 10.1 Å². The lowest BCUT2D eigenvalue weighted by molar-refractivity contribution is 0.127. The largest absolute Gasteiger partial charge is 0.381 e. The van der Waals surface area contributed by atoms with Crippen molar-refractivity contribution >= 4 is 0 Å². The summed E-state index contributed by atoms with van der Waals surface area (Å²) in [7, 11) is 0. The molecule has 0 saturated heterocycles. The first-order chi connectivity index (χ1) is 7.36. The highest BCUT2D eigenvalue weighted by Gasteiger charge is 2.24. The van der Waals surface area contributed by atoms with Gasteiger partial charge in [-0.05, 0) is 13.8 Å². The van der Waals surface area contributed by atoms with E-state index in [1.807, 2.05) is 13.1 Å². The van der Waals surface area contributed by atoms with Gasteiger partial charge in [0.15, 0.2) is 0 Å². The van der Waals surface area contributed by atoms with Crippen LogP contribution in [0.25, 0.3) is 0 Å². The van der Waals surface area contributed by atoms with Crippen molar-refractivity contribution in [2.45, 2.75) is 32.9 Å². The fourth-order valence-corrected chi connectivity index (χ4v) is 2.17. The van der Waals surface area contributed by atoms with Crippen molar-refractivity contribution in [3.05, 3.63) is 17.5 Å². The lowest BCUT2D eigenvalue weighted by atomic mass is 9.98. The highest BCUT2D eigenvalue weighted by Crippen LogP contribution is 2.24. The molecule has 1 N–H and O–H groups in total. The van der Waals surface area contributed by atoms with E-state index in [-0.39, 0.29) is 0 Å². The first-order valence-electron chi connectivity index (χ1n) is 5.69. The summed E-state index contributed by atoms with van der Waals surface area (Å²) in [5.41, 5.74) is 2.69. The molecule has 0 amide bonds. The lowest BCUT2D eigenvalue weighted by Gasteiger charge is -2.24. The highest BCUT2D eigenvalue weighted by atomic mass is 16.5. The quantitative estimate of drug-likeness (QED) is 0.808. The zero-order chi connectivity index (χ0) is 10.7. The van der Waals surface area contributed by atoms with Crippen LogP contribution in [0.5, 0.6) is 0 Å². The van der Waals surface area contributed by atoms with Gasteiger partial charge in [0.1, 0.15) is 0 Å². The molecular weight excluding hydrogens is 190 g/mol. The maximum atomic E-state index is 5.52. The van der Waals surface area contributed by atoms with Crippen LogP contribution in [0.3, 0.4) is 0 Å². The molecule has 2 heterocycles. The van der Waals surface area contributed by atoms with Crippen LogP contribution in [0.2, 0.25) is 0 Å². The molecule has 0 radical (unpaired) electrons. The van der Waals surface area contributed by atoms with E-state index in [9.17, 15) is 0 Å². The summed E-state index contributed by atoms with van der Waals surface area (Å²) in [5, 5.41) is 7.80. The second kappa shape index (κ2) is 4.77. The van der Waals surface area contributed by atoms with Crippen LogP contribution < -0.4 is 5.32 Å². The van der Waals surface area contributed by atoms with Gasteiger partial charge in [-0.1, -0.05) is 0 Å². The molecule has 0 aromatic carbocycles. The summed E-state index contributed by atoms with van der Waals surface area (Å²) >= 11 is 0. The predicted molar refractivity (Wildman–Crippen MR) is 58.8 cm³/mol. The van der Waals surface area contributed by atoms with Crippen LogP contribution in [-0.4, -0.2) is 29.5 Å². The third-order valence-electron chi connectivity index (χ3n) is 2.88. The molecule has 0 saturated carbocycles. The molecule has 84 valence electrons. The second-order valence-electron chi connectivity index (χ2n) is 3.86. The molecule has 0 bridgehead atoms. The van der Waals surface area contributed by atoms with E-state index < -0.39 is 0 Å². The van der Waals surface area contributed by atoms with Crippen molar-refractivity contribution in [3.63, 3.8) is 0 Å². The number of hydrogen-bond acceptors (Lipinski definition) is 3. The maximum Gasteiger partial charge on any atom is 0.0562 e. The number of nitrogens with one attached hydrogen (secondary N) is 1. The van der Waals surface area contributed by atoms with E-state index in [1.165, 1.54) is 11.3 Å². The Kier molecular flexibility index (Phi) is 3.38. The van der Waals surface area contributed by atoms with Crippen molar-refractivity contribution in [3.8, 4) is 0 Å². The molecule has 0 fully saturated rings. The van der Waals surface area contributed by atoms with Crippen molar-refractivity contribution in [2.75, 3.05) is 19.8 Å². The second-order valence-corrected chi connectivity index (χ2v) is 3.86. The van der Waals surface area contributed by atoms with E-state index in [2.05, 4.69) is 22.0 Å². The van der Waals surface area contributed by atoms with Gasteiger partial charge >= 0.3 is 0 Å². The number of ether oxygens (including phenoxy) is 1. The Morgan fingerprint density at radius 1 is 1.60 bits per heavy atom. The fraction of sp³-hybridized carbons (Fsp3) is 0.727. The van der Waals surface area contributed by atoms with E-state index in [1.54, 1.807) is 0 Å². The van der Waals surface area contributed by atoms with Gasteiger partial charge in [0.05, 0.1) is 12.8 Å². The monoisotopic (exact) mass is 209 g/mol. The van der Waals surface area contributed by atoms with Gasteiger partial charge in [0.2, 0.25) is 0 Å². The number of fused-ring (bicyclic) bond motifs is 1. The van der Waals surface area contributed by atoms with E-state index in [0.29, 0.717) is 5.92 Å². The molecule has 1 aromatic heterocycles. The molecule has 2 rings (SSSR count). The van der Waals surface area contributed by atoms with Crippen LogP contribution in [0.4, 0.5) is 0 Å². The average Bonchev–Trinajstić information content (AvgIpc) is 2.69. The third-order valence-corrected chi connectivity index (χ3v) is 2.88. The average molecular weight is 209 g/mol. The van der Waals surface area contributed by atoms with E-state index in [4.69, 9.17) is 4.74 Å². The lowest BCUT2D eigenvalue weighted by Crippen LogP contribution is -2.32. The summed E-state index contributed by atoms with van der Waals surface area (Å²) in [4.78, 5) is 0. The minimum atomic E-state index is 0.455. The number of hydrogen-bond donors (Lipinski definition) is 1. The Morgan fingerprint density at radius 3 is 3.20 bits per heavy atom. The Balaban J connectivity index is 2.19. The normalized spacial score (nSPS) is 20.3. The predicted octanol–water partition coefficient (Wildman–Crippen LogP) is 1.13. The van der Waals surface area contributed by atoms with Gasteiger partial charge in [-0.3, -0.25) is 4.68 Å². The zero-order valence-electron chi connectivity index (χ0n) is 9.49.